The van der Waals surface area contributed by atoms with Gasteiger partial charge in [0.2, 0.25) is 0 Å². The van der Waals surface area contributed by atoms with E-state index in [4.69, 9.17) is 0 Å². The van der Waals surface area contributed by atoms with Gasteiger partial charge in [0.15, 0.2) is 0 Å². The number of amides is 2. The molecule has 1 aliphatic heterocycles. The van der Waals surface area contributed by atoms with E-state index >= 15 is 0 Å². The molecule has 2 N–H and O–H groups in total. The molecule has 0 saturated carbocycles. The van der Waals surface area contributed by atoms with E-state index in [1.54, 1.807) is 0 Å². The van der Waals surface area contributed by atoms with Crippen molar-refractivity contribution < 1.29 is 9.59 Å². The number of hydrogen-bond acceptors (Lipinski definition) is 4. The van der Waals surface area contributed by atoms with Gasteiger partial charge in [0.25, 0.3) is 0 Å². The summed E-state index contributed by atoms with van der Waals surface area (Å²) in [6.45, 7) is 0. The fourth-order valence-electron chi connectivity index (χ4n) is 0.698. The van der Waals surface area contributed by atoms with E-state index in [9.17, 15) is 9.59 Å². The van der Waals surface area contributed by atoms with Gasteiger partial charge in [0, 0.05) is 13.3 Å². The van der Waals surface area contributed by atoms with Crippen LogP contribution in [-0.2, 0) is 9.59 Å². The van der Waals surface area contributed by atoms with E-state index in [2.05, 4.69) is 17.1 Å². The van der Waals surface area contributed by atoms with Gasteiger partial charge < -0.3 is 4.90 Å². The third kappa shape index (κ3) is 1.46. The van der Waals surface area contributed by atoms with Crippen LogP contribution < -0.4 is 10.9 Å². The SMILES string of the molecule is [CH2]SC1NNC(=O)C(=O)N1C. The molecule has 0 spiro atoms. The Bertz CT molecular complexity index is 196. The second-order valence-corrected chi connectivity index (χ2v) is 2.81. The van der Waals surface area contributed by atoms with Gasteiger partial charge in [0.1, 0.15) is 5.50 Å². The molecule has 1 aliphatic rings. The van der Waals surface area contributed by atoms with E-state index in [1.807, 2.05) is 0 Å². The molecule has 1 fully saturated rings. The summed E-state index contributed by atoms with van der Waals surface area (Å²) in [4.78, 5) is 22.9. The Morgan fingerprint density at radius 1 is 1.64 bits per heavy atom. The summed E-state index contributed by atoms with van der Waals surface area (Å²) in [7, 11) is 1.54. The topological polar surface area (TPSA) is 61.4 Å². The first-order valence-electron chi connectivity index (χ1n) is 2.90. The Kier molecular flexibility index (Phi) is 2.35. The molecule has 61 valence electrons. The highest BCUT2D eigenvalue weighted by Crippen LogP contribution is 2.10. The molecular formula is C5H8N3O2S. The highest BCUT2D eigenvalue weighted by Gasteiger charge is 2.29. The van der Waals surface area contributed by atoms with Gasteiger partial charge >= 0.3 is 11.8 Å². The van der Waals surface area contributed by atoms with E-state index in [0.29, 0.717) is 0 Å². The number of nitrogens with one attached hydrogen (secondary N) is 2. The van der Waals surface area contributed by atoms with Crippen molar-refractivity contribution in [2.45, 2.75) is 5.50 Å². The normalized spacial score (nSPS) is 25.3. The minimum absolute atomic E-state index is 0.278. The lowest BCUT2D eigenvalue weighted by atomic mass is 10.5. The molecule has 0 aromatic heterocycles. The van der Waals surface area contributed by atoms with Crippen LogP contribution in [0.5, 0.6) is 0 Å². The first kappa shape index (κ1) is 8.35. The fourth-order valence-corrected chi connectivity index (χ4v) is 1.16. The number of nitrogens with zero attached hydrogens (tertiary/aromatic N) is 1. The van der Waals surface area contributed by atoms with Crippen molar-refractivity contribution in [1.29, 1.82) is 0 Å². The van der Waals surface area contributed by atoms with Crippen molar-refractivity contribution in [2.24, 2.45) is 0 Å². The quantitative estimate of drug-likeness (QED) is 0.495. The summed E-state index contributed by atoms with van der Waals surface area (Å²) in [6, 6.07) is 0. The molecule has 1 saturated heterocycles. The predicted octanol–water partition coefficient (Wildman–Crippen LogP) is -1.11. The first-order valence-corrected chi connectivity index (χ1v) is 3.95. The molecule has 1 radical (unpaired) electrons. The van der Waals surface area contributed by atoms with E-state index < -0.39 is 11.8 Å². The van der Waals surface area contributed by atoms with Gasteiger partial charge in [0.05, 0.1) is 0 Å². The zero-order valence-corrected chi connectivity index (χ0v) is 6.77. The Morgan fingerprint density at radius 3 is 2.82 bits per heavy atom. The van der Waals surface area contributed by atoms with Crippen molar-refractivity contribution in [3.63, 3.8) is 0 Å². The molecule has 0 bridgehead atoms. The van der Waals surface area contributed by atoms with Gasteiger partial charge in [-0.05, 0) is 0 Å². The smallest absolute Gasteiger partial charge is 0.311 e. The lowest BCUT2D eigenvalue weighted by molar-refractivity contribution is -0.149. The number of hydrazine groups is 1. The molecule has 5 nitrogen and oxygen atoms in total. The Labute approximate surface area is 68.5 Å². The maximum absolute atomic E-state index is 10.9. The van der Waals surface area contributed by atoms with Crippen LogP contribution in [0.2, 0.25) is 0 Å². The van der Waals surface area contributed by atoms with Crippen LogP contribution in [0.3, 0.4) is 0 Å². The number of rotatable bonds is 1. The fraction of sp³-hybridized carbons (Fsp3) is 0.400. The molecule has 0 aliphatic carbocycles. The average Bonchev–Trinajstić information content (AvgIpc) is 2.01. The van der Waals surface area contributed by atoms with Crippen LogP contribution in [0.1, 0.15) is 0 Å². The Balaban J connectivity index is 2.66. The highest BCUT2D eigenvalue weighted by molar-refractivity contribution is 8.00. The number of thioether (sulfide) groups is 1. The van der Waals surface area contributed by atoms with Crippen LogP contribution in [0, 0.1) is 6.26 Å². The van der Waals surface area contributed by atoms with Crippen molar-refractivity contribution in [3.8, 4) is 0 Å². The summed E-state index contributed by atoms with van der Waals surface area (Å²) in [6.07, 6.45) is 3.53. The molecule has 11 heavy (non-hydrogen) atoms. The molecule has 0 aromatic rings. The molecule has 0 aromatic carbocycles. The summed E-state index contributed by atoms with van der Waals surface area (Å²) in [5.74, 6) is -1.19. The van der Waals surface area contributed by atoms with Gasteiger partial charge in [-0.15, -0.1) is 11.8 Å². The average molecular weight is 174 g/mol. The number of carbonyl (C=O) groups excluding carboxylic acids is 2. The zero-order chi connectivity index (χ0) is 8.43. The molecule has 2 amide bonds. The molecule has 1 rings (SSSR count). The first-order chi connectivity index (χ1) is 5.16. The second-order valence-electron chi connectivity index (χ2n) is 2.03. The second kappa shape index (κ2) is 3.10. The molecular weight excluding hydrogens is 166 g/mol. The number of likely N-dealkylation sites (N-methyl/N-ethyl adjacent to an activating group) is 1. The Hall–Kier alpha value is -0.750. The number of carbonyl (C=O) groups is 2. The summed E-state index contributed by atoms with van der Waals surface area (Å²) < 4.78 is 0. The third-order valence-electron chi connectivity index (χ3n) is 1.33. The number of hydrogen-bond donors (Lipinski definition) is 2. The van der Waals surface area contributed by atoms with Crippen LogP contribution in [0.25, 0.3) is 0 Å². The summed E-state index contributed by atoms with van der Waals surface area (Å²) in [5.41, 5.74) is 4.55. The maximum Gasteiger partial charge on any atom is 0.323 e. The van der Waals surface area contributed by atoms with Crippen LogP contribution in [0.15, 0.2) is 0 Å². The lowest BCUT2D eigenvalue weighted by Crippen LogP contribution is -2.62. The van der Waals surface area contributed by atoms with Crippen molar-refractivity contribution in [2.75, 3.05) is 7.05 Å². The zero-order valence-electron chi connectivity index (χ0n) is 5.96. The van der Waals surface area contributed by atoms with Gasteiger partial charge in [-0.3, -0.25) is 15.0 Å². The van der Waals surface area contributed by atoms with Crippen molar-refractivity contribution >= 4 is 23.6 Å². The lowest BCUT2D eigenvalue weighted by Gasteiger charge is -2.31. The van der Waals surface area contributed by atoms with Crippen LogP contribution in [0.4, 0.5) is 0 Å². The molecule has 6 heteroatoms. The van der Waals surface area contributed by atoms with E-state index in [0.717, 1.165) is 0 Å². The van der Waals surface area contributed by atoms with Crippen molar-refractivity contribution in [3.05, 3.63) is 6.26 Å². The van der Waals surface area contributed by atoms with Crippen molar-refractivity contribution in [1.82, 2.24) is 15.8 Å². The minimum atomic E-state index is -0.641. The standard InChI is InChI=1S/C5H8N3O2S/c1-8-4(10)3(9)6-7-5(8)11-2/h5,7H,2H2,1H3,(H,6,9). The van der Waals surface area contributed by atoms with Gasteiger partial charge in [-0.1, -0.05) is 0 Å². The summed E-state index contributed by atoms with van der Waals surface area (Å²) in [5, 5.41) is 0. The van der Waals surface area contributed by atoms with Crippen LogP contribution in [-0.4, -0.2) is 29.3 Å². The molecule has 1 heterocycles. The monoisotopic (exact) mass is 174 g/mol. The maximum atomic E-state index is 10.9. The summed E-state index contributed by atoms with van der Waals surface area (Å²) >= 11 is 1.19. The minimum Gasteiger partial charge on any atom is -0.311 e. The van der Waals surface area contributed by atoms with Gasteiger partial charge in [-0.2, -0.15) is 0 Å². The largest absolute Gasteiger partial charge is 0.323 e. The van der Waals surface area contributed by atoms with E-state index in [-0.39, 0.29) is 5.50 Å². The van der Waals surface area contributed by atoms with Crippen LogP contribution >= 0.6 is 11.8 Å². The highest BCUT2D eigenvalue weighted by atomic mass is 32.2. The van der Waals surface area contributed by atoms with E-state index in [1.165, 1.54) is 23.7 Å². The predicted molar refractivity (Wildman–Crippen MR) is 40.8 cm³/mol. The molecule has 1 unspecified atom stereocenters. The van der Waals surface area contributed by atoms with Gasteiger partial charge in [-0.25, -0.2) is 5.43 Å². The molecule has 1 atom stereocenters. The third-order valence-corrected chi connectivity index (χ3v) is 2.08. The Morgan fingerprint density at radius 2 is 2.27 bits per heavy atom.